The van der Waals surface area contributed by atoms with Gasteiger partial charge < -0.3 is 4.90 Å². The van der Waals surface area contributed by atoms with Crippen molar-refractivity contribution in [1.29, 1.82) is 0 Å². The third kappa shape index (κ3) is 2.20. The van der Waals surface area contributed by atoms with Gasteiger partial charge in [-0.2, -0.15) is 0 Å². The van der Waals surface area contributed by atoms with Crippen molar-refractivity contribution in [2.75, 3.05) is 7.05 Å². The van der Waals surface area contributed by atoms with Gasteiger partial charge in [0.05, 0.1) is 0 Å². The summed E-state index contributed by atoms with van der Waals surface area (Å²) in [4.78, 5) is 18.8. The maximum absolute atomic E-state index is 12.4. The zero-order chi connectivity index (χ0) is 19.0. The third-order valence-electron chi connectivity index (χ3n) is 8.44. The molecule has 1 amide bonds. The number of aromatic nitrogens is 1. The number of carbonyl (C=O) groups is 1. The van der Waals surface area contributed by atoms with Gasteiger partial charge in [-0.3, -0.25) is 9.78 Å². The van der Waals surface area contributed by atoms with Crippen molar-refractivity contribution in [3.8, 4) is 0 Å². The summed E-state index contributed by atoms with van der Waals surface area (Å²) in [6, 6.07) is 2.29. The molecule has 5 unspecified atom stereocenters. The lowest BCUT2D eigenvalue weighted by Crippen LogP contribution is -2.47. The molecule has 0 bridgehead atoms. The molecule has 27 heavy (non-hydrogen) atoms. The van der Waals surface area contributed by atoms with Crippen LogP contribution in [0.1, 0.15) is 57.1 Å². The maximum atomic E-state index is 12.4. The molecule has 0 radical (unpaired) electrons. The molecule has 5 rings (SSSR count). The van der Waals surface area contributed by atoms with Crippen LogP contribution in [0, 0.1) is 35.5 Å². The highest BCUT2D eigenvalue weighted by Gasteiger charge is 2.59. The Morgan fingerprint density at radius 2 is 1.93 bits per heavy atom. The highest BCUT2D eigenvalue weighted by atomic mass is 16.2. The first-order chi connectivity index (χ1) is 12.8. The zero-order valence-corrected chi connectivity index (χ0v) is 17.0. The summed E-state index contributed by atoms with van der Waals surface area (Å²) >= 11 is 0. The monoisotopic (exact) mass is 362 g/mol. The molecule has 2 fully saturated rings. The second-order valence-corrected chi connectivity index (χ2v) is 9.81. The van der Waals surface area contributed by atoms with Gasteiger partial charge in [0.15, 0.2) is 0 Å². The van der Waals surface area contributed by atoms with Crippen LogP contribution in [0.25, 0.3) is 5.57 Å². The Hall–Kier alpha value is -1.90. The first kappa shape index (κ1) is 17.2. The van der Waals surface area contributed by atoms with Gasteiger partial charge in [-0.15, -0.1) is 0 Å². The first-order valence-corrected chi connectivity index (χ1v) is 10.4. The molecule has 5 atom stereocenters. The number of fused-ring (bicyclic) bond motifs is 5. The predicted molar refractivity (Wildman–Crippen MR) is 108 cm³/mol. The molecule has 1 aromatic rings. The molecule has 1 aliphatic heterocycles. The SMILES string of the molecule is Cc1cncc(C2=CCC3C4CC=C5N(C)C(=O)CC5(C)C4CCC23C)c1. The van der Waals surface area contributed by atoms with E-state index in [0.717, 1.165) is 6.42 Å². The van der Waals surface area contributed by atoms with E-state index in [4.69, 9.17) is 0 Å². The average molecular weight is 363 g/mol. The molecule has 1 aromatic heterocycles. The van der Waals surface area contributed by atoms with Crippen LogP contribution in [0.5, 0.6) is 0 Å². The summed E-state index contributed by atoms with van der Waals surface area (Å²) in [7, 11) is 1.96. The van der Waals surface area contributed by atoms with Crippen LogP contribution in [0.4, 0.5) is 0 Å². The molecule has 0 spiro atoms. The Balaban J connectivity index is 1.50. The summed E-state index contributed by atoms with van der Waals surface area (Å²) in [5, 5.41) is 0. The van der Waals surface area contributed by atoms with E-state index in [1.165, 1.54) is 41.7 Å². The first-order valence-electron chi connectivity index (χ1n) is 10.4. The van der Waals surface area contributed by atoms with Crippen molar-refractivity contribution < 1.29 is 4.79 Å². The Bertz CT molecular complexity index is 884. The molecular formula is C24H30N2O. The van der Waals surface area contributed by atoms with E-state index < -0.39 is 0 Å². The van der Waals surface area contributed by atoms with Crippen molar-refractivity contribution in [1.82, 2.24) is 9.88 Å². The maximum Gasteiger partial charge on any atom is 0.227 e. The number of pyridine rings is 1. The van der Waals surface area contributed by atoms with Gasteiger partial charge in [0.1, 0.15) is 0 Å². The largest absolute Gasteiger partial charge is 0.319 e. The predicted octanol–water partition coefficient (Wildman–Crippen LogP) is 4.98. The number of aryl methyl sites for hydroxylation is 1. The van der Waals surface area contributed by atoms with Gasteiger partial charge in [-0.1, -0.05) is 26.0 Å². The number of amides is 1. The van der Waals surface area contributed by atoms with Crippen LogP contribution in [0.2, 0.25) is 0 Å². The quantitative estimate of drug-likeness (QED) is 0.706. The van der Waals surface area contributed by atoms with E-state index in [-0.39, 0.29) is 10.8 Å². The molecule has 3 nitrogen and oxygen atoms in total. The number of carbonyl (C=O) groups excluding carboxylic acids is 1. The van der Waals surface area contributed by atoms with Gasteiger partial charge in [-0.25, -0.2) is 0 Å². The lowest BCUT2D eigenvalue weighted by atomic mass is 9.50. The highest BCUT2D eigenvalue weighted by Crippen LogP contribution is 2.66. The fourth-order valence-electron chi connectivity index (χ4n) is 7.10. The molecular weight excluding hydrogens is 332 g/mol. The summed E-state index contributed by atoms with van der Waals surface area (Å²) in [6.45, 7) is 6.97. The number of allylic oxidation sites excluding steroid dienone is 4. The van der Waals surface area contributed by atoms with E-state index >= 15 is 0 Å². The van der Waals surface area contributed by atoms with Crippen LogP contribution in [-0.4, -0.2) is 22.8 Å². The van der Waals surface area contributed by atoms with E-state index in [1.54, 1.807) is 0 Å². The van der Waals surface area contributed by atoms with Crippen LogP contribution < -0.4 is 0 Å². The summed E-state index contributed by atoms with van der Waals surface area (Å²) in [5.41, 5.74) is 5.65. The van der Waals surface area contributed by atoms with Crippen LogP contribution in [0.15, 0.2) is 36.3 Å². The normalized spacial score (nSPS) is 40.2. The number of hydrogen-bond acceptors (Lipinski definition) is 2. The summed E-state index contributed by atoms with van der Waals surface area (Å²) < 4.78 is 0. The molecule has 0 N–H and O–H groups in total. The lowest BCUT2D eigenvalue weighted by Gasteiger charge is -2.54. The second-order valence-electron chi connectivity index (χ2n) is 9.81. The van der Waals surface area contributed by atoms with Gasteiger partial charge >= 0.3 is 0 Å². The van der Waals surface area contributed by atoms with E-state index in [9.17, 15) is 4.79 Å². The molecule has 142 valence electrons. The number of rotatable bonds is 1. The standard InChI is InChI=1S/C24H30N2O/c1-15-11-16(14-25-13-15)18-6-7-19-17-5-8-21-24(3,12-22(27)26(21)4)20(17)9-10-23(18,19)2/h6,8,11,13-14,17,19-20H,5,7,9-10,12H2,1-4H3. The molecule has 2 heterocycles. The Morgan fingerprint density at radius 3 is 2.70 bits per heavy atom. The van der Waals surface area contributed by atoms with Crippen LogP contribution >= 0.6 is 0 Å². The lowest BCUT2D eigenvalue weighted by molar-refractivity contribution is -0.126. The fraction of sp³-hybridized carbons (Fsp3) is 0.583. The second kappa shape index (κ2) is 5.56. The minimum absolute atomic E-state index is 0.0454. The van der Waals surface area contributed by atoms with E-state index in [2.05, 4.69) is 44.0 Å². The topological polar surface area (TPSA) is 33.2 Å². The molecule has 1 saturated carbocycles. The summed E-state index contributed by atoms with van der Waals surface area (Å²) in [5.74, 6) is 2.30. The molecule has 1 saturated heterocycles. The van der Waals surface area contributed by atoms with E-state index in [1.807, 2.05) is 24.3 Å². The zero-order valence-electron chi connectivity index (χ0n) is 17.0. The van der Waals surface area contributed by atoms with Gasteiger partial charge in [0.2, 0.25) is 5.91 Å². The van der Waals surface area contributed by atoms with Crippen molar-refractivity contribution in [3.63, 3.8) is 0 Å². The molecule has 3 aliphatic carbocycles. The van der Waals surface area contributed by atoms with Crippen molar-refractivity contribution in [2.45, 2.75) is 52.9 Å². The molecule has 0 aromatic carbocycles. The van der Waals surface area contributed by atoms with Crippen molar-refractivity contribution in [2.24, 2.45) is 28.6 Å². The fourth-order valence-corrected chi connectivity index (χ4v) is 7.10. The van der Waals surface area contributed by atoms with E-state index in [0.29, 0.717) is 30.1 Å². The third-order valence-corrected chi connectivity index (χ3v) is 8.44. The minimum Gasteiger partial charge on any atom is -0.319 e. The Kier molecular flexibility index (Phi) is 3.54. The number of hydrogen-bond donors (Lipinski definition) is 0. The molecule has 3 heteroatoms. The van der Waals surface area contributed by atoms with Crippen LogP contribution in [0.3, 0.4) is 0 Å². The van der Waals surface area contributed by atoms with Crippen molar-refractivity contribution >= 4 is 11.5 Å². The smallest absolute Gasteiger partial charge is 0.227 e. The Morgan fingerprint density at radius 1 is 1.11 bits per heavy atom. The average Bonchev–Trinajstić information content (AvgIpc) is 3.09. The number of likely N-dealkylation sites (tertiary alicyclic amines) is 1. The minimum atomic E-state index is 0.0454. The van der Waals surface area contributed by atoms with Crippen LogP contribution in [-0.2, 0) is 4.79 Å². The highest BCUT2D eigenvalue weighted by molar-refractivity contribution is 5.83. The number of nitrogens with zero attached hydrogens (tertiary/aromatic N) is 2. The van der Waals surface area contributed by atoms with Gasteiger partial charge in [0, 0.05) is 37.0 Å². The molecule has 4 aliphatic rings. The van der Waals surface area contributed by atoms with Gasteiger partial charge in [-0.05, 0) is 78.5 Å². The van der Waals surface area contributed by atoms with Gasteiger partial charge in [0.25, 0.3) is 0 Å². The van der Waals surface area contributed by atoms with Crippen molar-refractivity contribution in [3.05, 3.63) is 47.4 Å². The summed E-state index contributed by atoms with van der Waals surface area (Å²) in [6.07, 6.45) is 14.3. The Labute approximate surface area is 162 Å².